The SMILES string of the molecule is C=CCN(CCC(=O)Nc1cc(Cl)ccc1Cl)S(C)(=O)=O. The second-order valence-corrected chi connectivity index (χ2v) is 7.16. The van der Waals surface area contributed by atoms with E-state index in [0.29, 0.717) is 15.7 Å². The van der Waals surface area contributed by atoms with Gasteiger partial charge in [-0.25, -0.2) is 8.42 Å². The van der Waals surface area contributed by atoms with Gasteiger partial charge in [-0.15, -0.1) is 6.58 Å². The molecule has 0 bridgehead atoms. The molecular weight excluding hydrogens is 335 g/mol. The van der Waals surface area contributed by atoms with Crippen LogP contribution in [0.5, 0.6) is 0 Å². The third-order valence-corrected chi connectivity index (χ3v) is 4.43. The molecule has 0 fully saturated rings. The molecule has 1 N–H and O–H groups in total. The predicted molar refractivity (Wildman–Crippen MR) is 86.3 cm³/mol. The van der Waals surface area contributed by atoms with Gasteiger partial charge in [0.25, 0.3) is 0 Å². The van der Waals surface area contributed by atoms with E-state index in [1.807, 2.05) is 0 Å². The fourth-order valence-corrected chi connectivity index (χ4v) is 2.70. The maximum Gasteiger partial charge on any atom is 0.225 e. The average molecular weight is 351 g/mol. The van der Waals surface area contributed by atoms with Crippen molar-refractivity contribution in [3.8, 4) is 0 Å². The largest absolute Gasteiger partial charge is 0.325 e. The van der Waals surface area contributed by atoms with E-state index in [4.69, 9.17) is 23.2 Å². The van der Waals surface area contributed by atoms with Gasteiger partial charge >= 0.3 is 0 Å². The van der Waals surface area contributed by atoms with Crippen molar-refractivity contribution >= 4 is 44.8 Å². The first-order chi connectivity index (χ1) is 9.74. The van der Waals surface area contributed by atoms with E-state index in [2.05, 4.69) is 11.9 Å². The van der Waals surface area contributed by atoms with Crippen LogP contribution in [0, 0.1) is 0 Å². The summed E-state index contributed by atoms with van der Waals surface area (Å²) < 4.78 is 24.2. The third kappa shape index (κ3) is 6.05. The summed E-state index contributed by atoms with van der Waals surface area (Å²) in [5.74, 6) is -0.350. The van der Waals surface area contributed by atoms with Gasteiger partial charge in [0, 0.05) is 24.5 Å². The van der Waals surface area contributed by atoms with E-state index < -0.39 is 10.0 Å². The van der Waals surface area contributed by atoms with E-state index in [9.17, 15) is 13.2 Å². The van der Waals surface area contributed by atoms with Crippen molar-refractivity contribution in [2.75, 3.05) is 24.7 Å². The Morgan fingerprint density at radius 2 is 2.10 bits per heavy atom. The lowest BCUT2D eigenvalue weighted by Crippen LogP contribution is -2.33. The molecule has 0 atom stereocenters. The van der Waals surface area contributed by atoms with Crippen LogP contribution in [0.4, 0.5) is 5.69 Å². The minimum absolute atomic E-state index is 0.00372. The van der Waals surface area contributed by atoms with Crippen LogP contribution in [0.2, 0.25) is 10.0 Å². The Morgan fingerprint density at radius 3 is 2.67 bits per heavy atom. The van der Waals surface area contributed by atoms with Gasteiger partial charge in [0.2, 0.25) is 15.9 Å². The molecule has 0 aliphatic carbocycles. The number of carbonyl (C=O) groups is 1. The Morgan fingerprint density at radius 1 is 1.43 bits per heavy atom. The first-order valence-electron chi connectivity index (χ1n) is 6.05. The van der Waals surface area contributed by atoms with E-state index in [1.165, 1.54) is 16.4 Å². The summed E-state index contributed by atoms with van der Waals surface area (Å²) in [6.07, 6.45) is 2.55. The second-order valence-electron chi connectivity index (χ2n) is 4.33. The summed E-state index contributed by atoms with van der Waals surface area (Å²) in [7, 11) is -3.38. The van der Waals surface area contributed by atoms with Gasteiger partial charge in [-0.2, -0.15) is 4.31 Å². The van der Waals surface area contributed by atoms with Gasteiger partial charge in [-0.05, 0) is 18.2 Å². The molecule has 0 saturated carbocycles. The molecule has 5 nitrogen and oxygen atoms in total. The minimum atomic E-state index is -3.38. The lowest BCUT2D eigenvalue weighted by Gasteiger charge is -2.17. The summed E-state index contributed by atoms with van der Waals surface area (Å²) in [6.45, 7) is 3.71. The predicted octanol–water partition coefficient (Wildman–Crippen LogP) is 2.77. The van der Waals surface area contributed by atoms with Gasteiger partial charge in [0.05, 0.1) is 17.0 Å². The van der Waals surface area contributed by atoms with Gasteiger partial charge in [0.15, 0.2) is 0 Å². The van der Waals surface area contributed by atoms with Crippen LogP contribution in [-0.2, 0) is 14.8 Å². The Bertz CT molecular complexity index is 632. The highest BCUT2D eigenvalue weighted by Gasteiger charge is 2.16. The van der Waals surface area contributed by atoms with Crippen molar-refractivity contribution in [1.29, 1.82) is 0 Å². The zero-order chi connectivity index (χ0) is 16.0. The van der Waals surface area contributed by atoms with Gasteiger partial charge in [0.1, 0.15) is 0 Å². The summed E-state index contributed by atoms with van der Waals surface area (Å²) in [4.78, 5) is 11.9. The molecule has 0 unspecified atom stereocenters. The maximum atomic E-state index is 11.9. The lowest BCUT2D eigenvalue weighted by molar-refractivity contribution is -0.116. The highest BCUT2D eigenvalue weighted by molar-refractivity contribution is 7.88. The molecule has 0 saturated heterocycles. The number of carbonyl (C=O) groups excluding carboxylic acids is 1. The van der Waals surface area contributed by atoms with Crippen molar-refractivity contribution in [2.24, 2.45) is 0 Å². The molecule has 1 rings (SSSR count). The monoisotopic (exact) mass is 350 g/mol. The second kappa shape index (κ2) is 7.79. The van der Waals surface area contributed by atoms with Crippen LogP contribution in [0.3, 0.4) is 0 Å². The molecule has 1 aromatic rings. The number of nitrogens with zero attached hydrogens (tertiary/aromatic N) is 1. The summed E-state index contributed by atoms with van der Waals surface area (Å²) in [5, 5.41) is 3.40. The fourth-order valence-electron chi connectivity index (χ4n) is 1.57. The normalized spacial score (nSPS) is 11.4. The van der Waals surface area contributed by atoms with Crippen LogP contribution in [0.25, 0.3) is 0 Å². The highest BCUT2D eigenvalue weighted by Crippen LogP contribution is 2.25. The standard InChI is InChI=1S/C13H16Cl2N2O3S/c1-3-7-17(21(2,19)20)8-6-13(18)16-12-9-10(14)4-5-11(12)15/h3-5,9H,1,6-8H2,2H3,(H,16,18). The van der Waals surface area contributed by atoms with Gasteiger partial charge < -0.3 is 5.32 Å². The highest BCUT2D eigenvalue weighted by atomic mass is 35.5. The molecule has 0 aromatic heterocycles. The summed E-state index contributed by atoms with van der Waals surface area (Å²) >= 11 is 11.8. The van der Waals surface area contributed by atoms with Crippen LogP contribution < -0.4 is 5.32 Å². The Kier molecular flexibility index (Phi) is 6.67. The van der Waals surface area contributed by atoms with Crippen molar-refractivity contribution in [1.82, 2.24) is 4.31 Å². The van der Waals surface area contributed by atoms with Crippen molar-refractivity contribution in [3.05, 3.63) is 40.9 Å². The number of sulfonamides is 1. The van der Waals surface area contributed by atoms with E-state index in [1.54, 1.807) is 12.1 Å². The molecule has 0 spiro atoms. The Labute approximate surface area is 134 Å². The molecule has 21 heavy (non-hydrogen) atoms. The molecule has 0 heterocycles. The Hall–Kier alpha value is -1.08. The topological polar surface area (TPSA) is 66.5 Å². The number of amides is 1. The molecule has 0 radical (unpaired) electrons. The smallest absolute Gasteiger partial charge is 0.225 e. The molecule has 0 aliphatic heterocycles. The van der Waals surface area contributed by atoms with Crippen LogP contribution in [-0.4, -0.2) is 38.0 Å². The number of nitrogens with one attached hydrogen (secondary N) is 1. The molecule has 1 aromatic carbocycles. The van der Waals surface area contributed by atoms with Crippen LogP contribution in [0.15, 0.2) is 30.9 Å². The van der Waals surface area contributed by atoms with Gasteiger partial charge in [-0.3, -0.25) is 4.79 Å². The first kappa shape index (κ1) is 18.0. The van der Waals surface area contributed by atoms with Crippen molar-refractivity contribution in [2.45, 2.75) is 6.42 Å². The van der Waals surface area contributed by atoms with Crippen molar-refractivity contribution in [3.63, 3.8) is 0 Å². The number of anilines is 1. The first-order valence-corrected chi connectivity index (χ1v) is 8.65. The molecule has 1 amide bonds. The van der Waals surface area contributed by atoms with E-state index >= 15 is 0 Å². The van der Waals surface area contributed by atoms with Gasteiger partial charge in [-0.1, -0.05) is 29.3 Å². The summed E-state index contributed by atoms with van der Waals surface area (Å²) in [6, 6.07) is 4.70. The van der Waals surface area contributed by atoms with Crippen LogP contribution >= 0.6 is 23.2 Å². The number of halogens is 2. The maximum absolute atomic E-state index is 11.9. The summed E-state index contributed by atoms with van der Waals surface area (Å²) in [5.41, 5.74) is 0.392. The Balaban J connectivity index is 2.65. The zero-order valence-electron chi connectivity index (χ0n) is 11.5. The minimum Gasteiger partial charge on any atom is -0.325 e. The average Bonchev–Trinajstić information content (AvgIpc) is 2.37. The number of benzene rings is 1. The molecule has 8 heteroatoms. The number of hydrogen-bond acceptors (Lipinski definition) is 3. The molecule has 116 valence electrons. The molecule has 0 aliphatic rings. The van der Waals surface area contributed by atoms with E-state index in [0.717, 1.165) is 6.26 Å². The van der Waals surface area contributed by atoms with Crippen molar-refractivity contribution < 1.29 is 13.2 Å². The number of rotatable bonds is 7. The lowest BCUT2D eigenvalue weighted by atomic mass is 10.3. The van der Waals surface area contributed by atoms with E-state index in [-0.39, 0.29) is 25.4 Å². The van der Waals surface area contributed by atoms with Crippen LogP contribution in [0.1, 0.15) is 6.42 Å². The quantitative estimate of drug-likeness (QED) is 0.768. The zero-order valence-corrected chi connectivity index (χ0v) is 13.8. The third-order valence-electron chi connectivity index (χ3n) is 2.59. The molecular formula is C13H16Cl2N2O3S. The fraction of sp³-hybridized carbons (Fsp3) is 0.308. The number of hydrogen-bond donors (Lipinski definition) is 1.